The number of hydrogen-bond acceptors (Lipinski definition) is 5. The number of halogens is 2. The van der Waals surface area contributed by atoms with Crippen LogP contribution < -0.4 is 15.1 Å². The van der Waals surface area contributed by atoms with Gasteiger partial charge in [0.25, 0.3) is 10.0 Å². The van der Waals surface area contributed by atoms with Crippen LogP contribution in [0.3, 0.4) is 0 Å². The Labute approximate surface area is 192 Å². The number of benzene rings is 3. The molecule has 11 heteroatoms. The number of aromatic nitrogens is 2. The monoisotopic (exact) mass is 491 g/mol. The molecule has 1 heterocycles. The molecule has 7 nitrogen and oxygen atoms in total. The zero-order valence-corrected chi connectivity index (χ0v) is 19.4. The van der Waals surface area contributed by atoms with E-state index in [1.807, 2.05) is 12.1 Å². The number of hydrogen-bond donors (Lipinski definition) is 1. The smallest absolute Gasteiger partial charge is 0.328 e. The number of nitrogens with one attached hydrogen (secondary N) is 1. The van der Waals surface area contributed by atoms with E-state index in [1.165, 1.54) is 20.9 Å². The molecule has 0 saturated carbocycles. The molecule has 0 radical (unpaired) electrons. The Kier molecular flexibility index (Phi) is 5.93. The molecule has 33 heavy (non-hydrogen) atoms. The van der Waals surface area contributed by atoms with Crippen molar-refractivity contribution in [1.82, 2.24) is 9.13 Å². The molecule has 3 aromatic carbocycles. The van der Waals surface area contributed by atoms with Crippen LogP contribution in [0.4, 0.5) is 14.5 Å². The number of anilines is 1. The lowest BCUT2D eigenvalue weighted by atomic mass is 10.3. The number of imidazole rings is 1. The second kappa shape index (κ2) is 8.56. The molecule has 0 bridgehead atoms. The van der Waals surface area contributed by atoms with E-state index in [-0.39, 0.29) is 11.4 Å². The van der Waals surface area contributed by atoms with E-state index in [1.54, 1.807) is 45.5 Å². The Morgan fingerprint density at radius 1 is 0.909 bits per heavy atom. The number of sulfonamides is 1. The maximum atomic E-state index is 13.7. The minimum Gasteiger partial charge on any atom is -0.497 e. The fourth-order valence-electron chi connectivity index (χ4n) is 3.31. The lowest BCUT2D eigenvalue weighted by Crippen LogP contribution is -2.19. The van der Waals surface area contributed by atoms with Crippen LogP contribution in [0.1, 0.15) is 0 Å². The summed E-state index contributed by atoms with van der Waals surface area (Å²) >= 11 is 1.27. The second-order valence-corrected chi connectivity index (χ2v) is 9.99. The van der Waals surface area contributed by atoms with Crippen LogP contribution in [0, 0.1) is 11.6 Å². The number of nitrogens with zero attached hydrogens (tertiary/aromatic N) is 2. The van der Waals surface area contributed by atoms with Crippen molar-refractivity contribution in [1.29, 1.82) is 0 Å². The fraction of sp³-hybridized carbons (Fsp3) is 0.136. The summed E-state index contributed by atoms with van der Waals surface area (Å²) in [4.78, 5) is 13.3. The molecule has 0 aliphatic carbocycles. The maximum absolute atomic E-state index is 13.7. The SMILES string of the molecule is COc1ccc(Sc2cc3c(cc2NS(=O)(=O)c2ccc(F)c(F)c2)n(C)c(=O)n3C)cc1. The Balaban J connectivity index is 1.83. The molecule has 0 saturated heterocycles. The molecule has 0 aliphatic heterocycles. The maximum Gasteiger partial charge on any atom is 0.328 e. The van der Waals surface area contributed by atoms with Gasteiger partial charge in [0.05, 0.1) is 28.7 Å². The summed E-state index contributed by atoms with van der Waals surface area (Å²) in [7, 11) is 0.506. The first kappa shape index (κ1) is 22.9. The van der Waals surface area contributed by atoms with E-state index in [9.17, 15) is 22.0 Å². The Morgan fingerprint density at radius 2 is 1.55 bits per heavy atom. The van der Waals surface area contributed by atoms with Crippen molar-refractivity contribution in [2.24, 2.45) is 14.1 Å². The molecule has 0 aliphatic rings. The van der Waals surface area contributed by atoms with Crippen LogP contribution in [-0.2, 0) is 24.1 Å². The van der Waals surface area contributed by atoms with Crippen molar-refractivity contribution in [2.75, 3.05) is 11.8 Å². The van der Waals surface area contributed by atoms with Crippen molar-refractivity contribution < 1.29 is 21.9 Å². The third-order valence-electron chi connectivity index (χ3n) is 5.11. The molecule has 4 aromatic rings. The molecule has 0 spiro atoms. The second-order valence-electron chi connectivity index (χ2n) is 7.20. The summed E-state index contributed by atoms with van der Waals surface area (Å²) in [6.45, 7) is 0. The highest BCUT2D eigenvalue weighted by Gasteiger charge is 2.21. The molecule has 172 valence electrons. The highest BCUT2D eigenvalue weighted by atomic mass is 32.2. The summed E-state index contributed by atoms with van der Waals surface area (Å²) < 4.78 is 63.3. The molecule has 0 atom stereocenters. The third kappa shape index (κ3) is 4.33. The van der Waals surface area contributed by atoms with Gasteiger partial charge in [0.1, 0.15) is 5.75 Å². The van der Waals surface area contributed by atoms with Gasteiger partial charge >= 0.3 is 5.69 Å². The molecular weight excluding hydrogens is 472 g/mol. The summed E-state index contributed by atoms with van der Waals surface area (Å²) in [6, 6.07) is 12.7. The number of ether oxygens (including phenoxy) is 1. The van der Waals surface area contributed by atoms with Crippen LogP contribution in [0.25, 0.3) is 11.0 Å². The van der Waals surface area contributed by atoms with Gasteiger partial charge in [0.15, 0.2) is 11.6 Å². The number of fused-ring (bicyclic) bond motifs is 1. The number of rotatable bonds is 6. The van der Waals surface area contributed by atoms with Crippen molar-refractivity contribution in [3.63, 3.8) is 0 Å². The van der Waals surface area contributed by atoms with Crippen LogP contribution in [-0.4, -0.2) is 24.7 Å². The molecule has 0 unspecified atom stereocenters. The van der Waals surface area contributed by atoms with E-state index in [0.29, 0.717) is 27.7 Å². The van der Waals surface area contributed by atoms with E-state index >= 15 is 0 Å². The number of aryl methyl sites for hydroxylation is 2. The van der Waals surface area contributed by atoms with Gasteiger partial charge in [-0.25, -0.2) is 22.0 Å². The molecule has 0 fully saturated rings. The van der Waals surface area contributed by atoms with E-state index in [2.05, 4.69) is 4.72 Å². The quantitative estimate of drug-likeness (QED) is 0.439. The van der Waals surface area contributed by atoms with Crippen molar-refractivity contribution in [2.45, 2.75) is 14.7 Å². The number of methoxy groups -OCH3 is 1. The summed E-state index contributed by atoms with van der Waals surface area (Å²) in [5.74, 6) is -1.75. The molecule has 1 aromatic heterocycles. The van der Waals surface area contributed by atoms with Gasteiger partial charge in [-0.05, 0) is 54.6 Å². The minimum absolute atomic E-state index is 0.189. The van der Waals surface area contributed by atoms with Gasteiger partial charge in [-0.1, -0.05) is 11.8 Å². The first-order chi connectivity index (χ1) is 15.6. The van der Waals surface area contributed by atoms with Crippen molar-refractivity contribution >= 4 is 38.5 Å². The lowest BCUT2D eigenvalue weighted by Gasteiger charge is -2.14. The average Bonchev–Trinajstić information content (AvgIpc) is 2.99. The molecule has 0 amide bonds. The minimum atomic E-state index is -4.25. The van der Waals surface area contributed by atoms with Gasteiger partial charge in [-0.15, -0.1) is 0 Å². The average molecular weight is 492 g/mol. The largest absolute Gasteiger partial charge is 0.497 e. The van der Waals surface area contributed by atoms with Crippen LogP contribution >= 0.6 is 11.8 Å². The first-order valence-corrected chi connectivity index (χ1v) is 11.9. The van der Waals surface area contributed by atoms with E-state index < -0.39 is 26.6 Å². The topological polar surface area (TPSA) is 82.3 Å². The standard InChI is InChI=1S/C22H19F2N3O4S2/c1-26-19-11-18(25-33(29,30)15-8-9-16(23)17(24)10-15)21(12-20(19)27(2)22(26)28)32-14-6-4-13(31-3)5-7-14/h4-12,25H,1-3H3. The first-order valence-electron chi connectivity index (χ1n) is 9.60. The third-order valence-corrected chi connectivity index (χ3v) is 7.53. The van der Waals surface area contributed by atoms with Gasteiger partial charge in [0, 0.05) is 23.9 Å². The summed E-state index contributed by atoms with van der Waals surface area (Å²) in [6.07, 6.45) is 0. The zero-order chi connectivity index (χ0) is 23.9. The Morgan fingerprint density at radius 3 is 2.15 bits per heavy atom. The van der Waals surface area contributed by atoms with Gasteiger partial charge in [-0.3, -0.25) is 13.9 Å². The predicted octanol–water partition coefficient (Wildman–Crippen LogP) is 4.12. The summed E-state index contributed by atoms with van der Waals surface area (Å²) in [5.41, 5.74) is 1.03. The zero-order valence-electron chi connectivity index (χ0n) is 17.8. The van der Waals surface area contributed by atoms with Gasteiger partial charge in [-0.2, -0.15) is 0 Å². The highest BCUT2D eigenvalue weighted by Crippen LogP contribution is 2.38. The molecule has 1 N–H and O–H groups in total. The lowest BCUT2D eigenvalue weighted by molar-refractivity contribution is 0.414. The van der Waals surface area contributed by atoms with E-state index in [4.69, 9.17) is 4.74 Å². The van der Waals surface area contributed by atoms with Crippen LogP contribution in [0.5, 0.6) is 5.75 Å². The van der Waals surface area contributed by atoms with Gasteiger partial charge < -0.3 is 4.74 Å². The summed E-state index contributed by atoms with van der Waals surface area (Å²) in [5, 5.41) is 0. The molecule has 4 rings (SSSR count). The fourth-order valence-corrected chi connectivity index (χ4v) is 5.37. The van der Waals surface area contributed by atoms with E-state index in [0.717, 1.165) is 17.0 Å². The predicted molar refractivity (Wildman–Crippen MR) is 122 cm³/mol. The molecular formula is C22H19F2N3O4S2. The van der Waals surface area contributed by atoms with Crippen LogP contribution in [0.2, 0.25) is 0 Å². The Bertz CT molecular complexity index is 1530. The normalized spacial score (nSPS) is 11.7. The highest BCUT2D eigenvalue weighted by molar-refractivity contribution is 7.99. The Hall–Kier alpha value is -3.31. The van der Waals surface area contributed by atoms with Gasteiger partial charge in [0.2, 0.25) is 0 Å². The van der Waals surface area contributed by atoms with Crippen molar-refractivity contribution in [3.05, 3.63) is 76.7 Å². The van der Waals surface area contributed by atoms with Crippen molar-refractivity contribution in [3.8, 4) is 5.75 Å². The van der Waals surface area contributed by atoms with Crippen LogP contribution in [0.15, 0.2) is 74.1 Å².